The van der Waals surface area contributed by atoms with Gasteiger partial charge in [0.2, 0.25) is 0 Å². The van der Waals surface area contributed by atoms with Crippen molar-refractivity contribution in [3.63, 3.8) is 0 Å². The summed E-state index contributed by atoms with van der Waals surface area (Å²) in [4.78, 5) is 12.5. The second kappa shape index (κ2) is 10.5. The number of hydrogen-bond donors (Lipinski definition) is 2. The van der Waals surface area contributed by atoms with Crippen LogP contribution in [-0.4, -0.2) is 19.4 Å². The van der Waals surface area contributed by atoms with E-state index in [1.165, 1.54) is 31.4 Å². The van der Waals surface area contributed by atoms with Gasteiger partial charge in [-0.25, -0.2) is 5.43 Å². The predicted molar refractivity (Wildman–Crippen MR) is 116 cm³/mol. The quantitative estimate of drug-likeness (QED) is 0.372. The Bertz CT molecular complexity index is 1070. The minimum absolute atomic E-state index is 0.297. The molecule has 0 spiro atoms. The number of carbonyl (C=O) groups is 1. The fourth-order valence-electron chi connectivity index (χ4n) is 2.87. The molecule has 8 heteroatoms. The number of amides is 1. The predicted octanol–water partition coefficient (Wildman–Crippen LogP) is 5.20. The first-order valence-corrected chi connectivity index (χ1v) is 9.63. The van der Waals surface area contributed by atoms with Crippen molar-refractivity contribution >= 4 is 18.1 Å². The third-order valence-corrected chi connectivity index (χ3v) is 4.40. The Morgan fingerprint density at radius 3 is 2.34 bits per heavy atom. The molecule has 0 aliphatic heterocycles. The van der Waals surface area contributed by atoms with Crippen LogP contribution < -0.4 is 20.3 Å². The van der Waals surface area contributed by atoms with Crippen LogP contribution >= 0.6 is 0 Å². The Kier molecular flexibility index (Phi) is 7.51. The van der Waals surface area contributed by atoms with E-state index in [9.17, 15) is 18.0 Å². The number of benzene rings is 3. The van der Waals surface area contributed by atoms with Crippen LogP contribution in [0, 0.1) is 0 Å². The van der Waals surface area contributed by atoms with Gasteiger partial charge >= 0.3 is 6.36 Å². The highest BCUT2D eigenvalue weighted by atomic mass is 19.4. The number of rotatable bonds is 8. The largest absolute Gasteiger partial charge is 0.573 e. The monoisotopic (exact) mass is 442 g/mol. The maximum absolute atomic E-state index is 12.5. The first-order chi connectivity index (χ1) is 15.3. The molecule has 0 atom stereocenters. The van der Waals surface area contributed by atoms with E-state index in [-0.39, 0.29) is 11.7 Å². The number of halogens is 3. The van der Waals surface area contributed by atoms with Gasteiger partial charge in [-0.1, -0.05) is 54.6 Å². The van der Waals surface area contributed by atoms with Crippen LogP contribution in [0.5, 0.6) is 11.5 Å². The highest BCUT2D eigenvalue weighted by Crippen LogP contribution is 2.25. The lowest BCUT2D eigenvalue weighted by atomic mass is 10.1. The van der Waals surface area contributed by atoms with Crippen molar-refractivity contribution in [2.45, 2.75) is 12.9 Å². The molecule has 3 rings (SSSR count). The fourth-order valence-corrected chi connectivity index (χ4v) is 2.87. The lowest BCUT2D eigenvalue weighted by Crippen LogP contribution is -2.36. The van der Waals surface area contributed by atoms with E-state index in [0.717, 1.165) is 5.56 Å². The van der Waals surface area contributed by atoms with Gasteiger partial charge < -0.3 is 9.47 Å². The second-order valence-electron chi connectivity index (χ2n) is 6.70. The Hall–Kier alpha value is -3.78. The molecule has 0 saturated heterocycles. The molecule has 0 bridgehead atoms. The van der Waals surface area contributed by atoms with Crippen LogP contribution in [0.4, 0.5) is 13.2 Å². The van der Waals surface area contributed by atoms with Gasteiger partial charge in [-0.3, -0.25) is 10.2 Å². The van der Waals surface area contributed by atoms with E-state index in [1.807, 2.05) is 30.3 Å². The zero-order valence-corrected chi connectivity index (χ0v) is 17.1. The average molecular weight is 442 g/mol. The fraction of sp³-hybridized carbons (Fsp3) is 0.125. The van der Waals surface area contributed by atoms with Gasteiger partial charge in [0.15, 0.2) is 0 Å². The first kappa shape index (κ1) is 22.9. The number of hydrogen-bond acceptors (Lipinski definition) is 4. The number of nitrogens with one attached hydrogen (secondary N) is 2. The van der Waals surface area contributed by atoms with Gasteiger partial charge in [0.1, 0.15) is 11.5 Å². The summed E-state index contributed by atoms with van der Waals surface area (Å²) < 4.78 is 46.0. The summed E-state index contributed by atoms with van der Waals surface area (Å²) >= 11 is 0. The van der Waals surface area contributed by atoms with E-state index >= 15 is 0 Å². The van der Waals surface area contributed by atoms with E-state index in [2.05, 4.69) is 15.6 Å². The van der Waals surface area contributed by atoms with Crippen LogP contribution in [0.3, 0.4) is 0 Å². The molecule has 0 aromatic heterocycles. The van der Waals surface area contributed by atoms with E-state index < -0.39 is 6.36 Å². The SMILES string of the molecule is COc1ccc(C(=O)NNCc2ccccc2)cc1C=Cc1ccc(OC(F)(F)F)cc1. The average Bonchev–Trinajstić information content (AvgIpc) is 2.78. The summed E-state index contributed by atoms with van der Waals surface area (Å²) in [5.41, 5.74) is 8.27. The summed E-state index contributed by atoms with van der Waals surface area (Å²) in [7, 11) is 1.51. The van der Waals surface area contributed by atoms with Crippen LogP contribution in [0.25, 0.3) is 12.2 Å². The van der Waals surface area contributed by atoms with Crippen LogP contribution in [-0.2, 0) is 6.54 Å². The number of alkyl halides is 3. The normalized spacial score (nSPS) is 11.4. The molecule has 3 aromatic rings. The third-order valence-electron chi connectivity index (χ3n) is 4.40. The van der Waals surface area contributed by atoms with Gasteiger partial charge in [0.05, 0.1) is 7.11 Å². The summed E-state index contributed by atoms with van der Waals surface area (Å²) in [6.45, 7) is 0.476. The van der Waals surface area contributed by atoms with E-state index in [1.54, 1.807) is 30.4 Å². The number of hydrazine groups is 1. The lowest BCUT2D eigenvalue weighted by molar-refractivity contribution is -0.274. The Labute approximate surface area is 183 Å². The Morgan fingerprint density at radius 1 is 0.969 bits per heavy atom. The van der Waals surface area contributed by atoms with Gasteiger partial charge in [0, 0.05) is 17.7 Å². The molecule has 0 radical (unpaired) electrons. The lowest BCUT2D eigenvalue weighted by Gasteiger charge is -2.10. The zero-order chi connectivity index (χ0) is 23.0. The first-order valence-electron chi connectivity index (χ1n) is 9.63. The van der Waals surface area contributed by atoms with Gasteiger partial charge in [-0.2, -0.15) is 0 Å². The van der Waals surface area contributed by atoms with Crippen molar-refractivity contribution in [3.8, 4) is 11.5 Å². The van der Waals surface area contributed by atoms with Gasteiger partial charge in [0.25, 0.3) is 5.91 Å². The van der Waals surface area contributed by atoms with Gasteiger partial charge in [-0.05, 0) is 41.5 Å². The minimum atomic E-state index is -4.73. The molecule has 0 heterocycles. The van der Waals surface area contributed by atoms with E-state index in [4.69, 9.17) is 4.74 Å². The number of methoxy groups -OCH3 is 1. The molecule has 0 aliphatic rings. The molecule has 0 aliphatic carbocycles. The minimum Gasteiger partial charge on any atom is -0.496 e. The molecule has 0 unspecified atom stereocenters. The maximum atomic E-state index is 12.5. The molecule has 0 saturated carbocycles. The Morgan fingerprint density at radius 2 is 1.69 bits per heavy atom. The van der Waals surface area contributed by atoms with Crippen molar-refractivity contribution in [1.82, 2.24) is 10.9 Å². The van der Waals surface area contributed by atoms with Crippen LogP contribution in [0.2, 0.25) is 0 Å². The van der Waals surface area contributed by atoms with Crippen molar-refractivity contribution in [1.29, 1.82) is 0 Å². The molecule has 3 aromatic carbocycles. The number of ether oxygens (including phenoxy) is 2. The summed E-state index contributed by atoms with van der Waals surface area (Å²) in [6, 6.07) is 20.0. The molecule has 166 valence electrons. The molecule has 2 N–H and O–H groups in total. The summed E-state index contributed by atoms with van der Waals surface area (Å²) in [6.07, 6.45) is -1.32. The van der Waals surface area contributed by atoms with E-state index in [0.29, 0.717) is 29.0 Å². The van der Waals surface area contributed by atoms with Crippen LogP contribution in [0.1, 0.15) is 27.0 Å². The summed E-state index contributed by atoms with van der Waals surface area (Å²) in [5.74, 6) is -0.0622. The zero-order valence-electron chi connectivity index (χ0n) is 17.1. The van der Waals surface area contributed by atoms with Crippen molar-refractivity contribution in [3.05, 3.63) is 95.1 Å². The molecular weight excluding hydrogens is 421 g/mol. The topological polar surface area (TPSA) is 59.6 Å². The van der Waals surface area contributed by atoms with Crippen molar-refractivity contribution in [2.75, 3.05) is 7.11 Å². The summed E-state index contributed by atoms with van der Waals surface area (Å²) in [5, 5.41) is 0. The number of carbonyl (C=O) groups excluding carboxylic acids is 1. The standard InChI is InChI=1S/C24H21F3N2O3/c1-31-22-14-11-20(23(30)29-28-16-18-5-3-2-4-6-18)15-19(22)10-7-17-8-12-21(13-9-17)32-24(25,26)27/h2-15,28H,16H2,1H3,(H,29,30). The van der Waals surface area contributed by atoms with Gasteiger partial charge in [-0.15, -0.1) is 13.2 Å². The molecule has 0 fully saturated rings. The third kappa shape index (κ3) is 6.88. The maximum Gasteiger partial charge on any atom is 0.573 e. The van der Waals surface area contributed by atoms with Crippen molar-refractivity contribution in [2.24, 2.45) is 0 Å². The highest BCUT2D eigenvalue weighted by molar-refractivity contribution is 5.95. The smallest absolute Gasteiger partial charge is 0.496 e. The molecule has 32 heavy (non-hydrogen) atoms. The highest BCUT2D eigenvalue weighted by Gasteiger charge is 2.30. The van der Waals surface area contributed by atoms with Crippen molar-refractivity contribution < 1.29 is 27.4 Å². The molecular formula is C24H21F3N2O3. The van der Waals surface area contributed by atoms with Crippen LogP contribution in [0.15, 0.2) is 72.8 Å². The Balaban J connectivity index is 1.67. The molecule has 1 amide bonds. The second-order valence-corrected chi connectivity index (χ2v) is 6.70. The molecule has 5 nitrogen and oxygen atoms in total.